The van der Waals surface area contributed by atoms with Gasteiger partial charge in [-0.05, 0) is 74.4 Å². The number of carbonyl (C=O) groups is 2. The number of sulfone groups is 1. The SMILES string of the molecule is Cc1cc(-n2cnc(Cl)n2)ccc1S(=O)(=O)C1CC(C(=O)NC2(C#N)CC2)N(C(=O)C2(C(F)(F)F)CC2)C1. The van der Waals surface area contributed by atoms with Crippen molar-refractivity contribution in [3.05, 3.63) is 35.4 Å². The van der Waals surface area contributed by atoms with Crippen LogP contribution in [0.25, 0.3) is 5.69 Å². The maximum absolute atomic E-state index is 13.8. The van der Waals surface area contributed by atoms with Gasteiger partial charge in [-0.1, -0.05) is 0 Å². The third kappa shape index (κ3) is 4.31. The molecule has 0 spiro atoms. The molecule has 10 nitrogen and oxygen atoms in total. The Bertz CT molecular complexity index is 1480. The van der Waals surface area contributed by atoms with Crippen LogP contribution in [0.1, 0.15) is 37.7 Å². The van der Waals surface area contributed by atoms with Gasteiger partial charge in [0, 0.05) is 6.54 Å². The molecule has 2 heterocycles. The average Bonchev–Trinajstić information content (AvgIpc) is 3.73. The molecule has 2 aliphatic carbocycles. The Morgan fingerprint density at radius 1 is 1.24 bits per heavy atom. The van der Waals surface area contributed by atoms with Gasteiger partial charge in [0.1, 0.15) is 23.3 Å². The Labute approximate surface area is 220 Å². The van der Waals surface area contributed by atoms with Crippen molar-refractivity contribution in [3.63, 3.8) is 0 Å². The fraction of sp³-hybridized carbons (Fsp3) is 0.522. The highest BCUT2D eigenvalue weighted by molar-refractivity contribution is 7.92. The molecule has 15 heteroatoms. The molecular weight excluding hydrogens is 549 g/mol. The van der Waals surface area contributed by atoms with Gasteiger partial charge in [-0.2, -0.15) is 18.4 Å². The number of nitriles is 1. The quantitative estimate of drug-likeness (QED) is 0.563. The minimum Gasteiger partial charge on any atom is -0.336 e. The Balaban J connectivity index is 1.45. The predicted molar refractivity (Wildman–Crippen MR) is 126 cm³/mol. The van der Waals surface area contributed by atoms with Gasteiger partial charge in [0.25, 0.3) is 0 Å². The van der Waals surface area contributed by atoms with E-state index in [-0.39, 0.29) is 10.2 Å². The van der Waals surface area contributed by atoms with E-state index in [0.29, 0.717) is 24.1 Å². The van der Waals surface area contributed by atoms with Crippen LogP contribution in [0.15, 0.2) is 29.4 Å². The summed E-state index contributed by atoms with van der Waals surface area (Å²) in [4.78, 5) is 30.7. The summed E-state index contributed by atoms with van der Waals surface area (Å²) in [5, 5.41) is 14.5. The van der Waals surface area contributed by atoms with Crippen LogP contribution in [-0.2, 0) is 19.4 Å². The summed E-state index contributed by atoms with van der Waals surface area (Å²) >= 11 is 5.74. The van der Waals surface area contributed by atoms with Crippen molar-refractivity contribution in [2.75, 3.05) is 6.54 Å². The molecule has 1 aromatic heterocycles. The van der Waals surface area contributed by atoms with E-state index in [1.54, 1.807) is 6.92 Å². The van der Waals surface area contributed by atoms with Crippen LogP contribution < -0.4 is 5.32 Å². The summed E-state index contributed by atoms with van der Waals surface area (Å²) in [6, 6.07) is 4.85. The van der Waals surface area contributed by atoms with Gasteiger partial charge in [-0.25, -0.2) is 18.1 Å². The number of aryl methyl sites for hydroxylation is 1. The molecule has 1 N–H and O–H groups in total. The third-order valence-corrected chi connectivity index (χ3v) is 9.95. The second-order valence-corrected chi connectivity index (χ2v) is 12.6. The molecule has 38 heavy (non-hydrogen) atoms. The molecule has 1 aromatic carbocycles. The van der Waals surface area contributed by atoms with E-state index in [1.165, 1.54) is 29.2 Å². The number of aromatic nitrogens is 3. The molecule has 2 amide bonds. The van der Waals surface area contributed by atoms with E-state index in [9.17, 15) is 36.4 Å². The maximum Gasteiger partial charge on any atom is 0.403 e. The highest BCUT2D eigenvalue weighted by Gasteiger charge is 2.70. The Hall–Kier alpha value is -3.18. The van der Waals surface area contributed by atoms with Crippen molar-refractivity contribution < 1.29 is 31.2 Å². The molecule has 2 unspecified atom stereocenters. The van der Waals surface area contributed by atoms with E-state index in [1.807, 2.05) is 6.07 Å². The highest BCUT2D eigenvalue weighted by atomic mass is 35.5. The normalized spacial score (nSPS) is 23.5. The van der Waals surface area contributed by atoms with Crippen molar-refractivity contribution >= 4 is 33.3 Å². The van der Waals surface area contributed by atoms with E-state index < -0.39 is 75.9 Å². The van der Waals surface area contributed by atoms with Crippen LogP contribution in [0.3, 0.4) is 0 Å². The van der Waals surface area contributed by atoms with Crippen molar-refractivity contribution in [1.82, 2.24) is 25.0 Å². The number of benzene rings is 1. The summed E-state index contributed by atoms with van der Waals surface area (Å²) in [7, 11) is -4.18. The summed E-state index contributed by atoms with van der Waals surface area (Å²) < 4.78 is 70.0. The minimum atomic E-state index is -4.83. The lowest BCUT2D eigenvalue weighted by atomic mass is 10.0. The average molecular weight is 571 g/mol. The molecule has 1 aliphatic heterocycles. The monoisotopic (exact) mass is 570 g/mol. The molecule has 0 radical (unpaired) electrons. The van der Waals surface area contributed by atoms with Gasteiger partial charge in [0.15, 0.2) is 9.84 Å². The number of amides is 2. The molecule has 5 rings (SSSR count). The Morgan fingerprint density at radius 2 is 1.92 bits per heavy atom. The summed E-state index contributed by atoms with van der Waals surface area (Å²) in [6.07, 6.45) is -3.99. The first-order valence-corrected chi connectivity index (χ1v) is 13.7. The number of nitrogens with one attached hydrogen (secondary N) is 1. The van der Waals surface area contributed by atoms with E-state index in [2.05, 4.69) is 15.4 Å². The highest BCUT2D eigenvalue weighted by Crippen LogP contribution is 2.59. The van der Waals surface area contributed by atoms with Gasteiger partial charge < -0.3 is 10.2 Å². The minimum absolute atomic E-state index is 0.00366. The number of carbonyl (C=O) groups excluding carboxylic acids is 2. The van der Waals surface area contributed by atoms with Crippen LogP contribution in [0, 0.1) is 23.7 Å². The molecule has 0 bridgehead atoms. The lowest BCUT2D eigenvalue weighted by Gasteiger charge is -2.29. The topological polar surface area (TPSA) is 138 Å². The van der Waals surface area contributed by atoms with E-state index >= 15 is 0 Å². The third-order valence-electron chi connectivity index (χ3n) is 7.49. The van der Waals surface area contributed by atoms with Crippen LogP contribution in [-0.4, -0.2) is 69.4 Å². The first-order chi connectivity index (χ1) is 17.7. The Morgan fingerprint density at radius 3 is 2.42 bits per heavy atom. The fourth-order valence-electron chi connectivity index (χ4n) is 4.86. The first kappa shape index (κ1) is 26.4. The van der Waals surface area contributed by atoms with E-state index in [4.69, 9.17) is 11.6 Å². The number of halogens is 4. The molecule has 2 atom stereocenters. The van der Waals surface area contributed by atoms with Crippen molar-refractivity contribution in [2.24, 2.45) is 5.41 Å². The number of hydrogen-bond donors (Lipinski definition) is 1. The Kier molecular flexibility index (Phi) is 6.03. The summed E-state index contributed by atoms with van der Waals surface area (Å²) in [5.74, 6) is -2.14. The first-order valence-electron chi connectivity index (χ1n) is 11.8. The van der Waals surface area contributed by atoms with Gasteiger partial charge in [0.05, 0.1) is 21.9 Å². The molecular formula is C23H22ClF3N6O4S. The molecule has 3 fully saturated rings. The molecule has 1 saturated heterocycles. The lowest BCUT2D eigenvalue weighted by molar-refractivity contribution is -0.199. The van der Waals surface area contributed by atoms with Crippen LogP contribution in [0.5, 0.6) is 0 Å². The summed E-state index contributed by atoms with van der Waals surface area (Å²) in [6.45, 7) is 0.972. The van der Waals surface area contributed by atoms with Crippen molar-refractivity contribution in [1.29, 1.82) is 5.26 Å². The van der Waals surface area contributed by atoms with Gasteiger partial charge >= 0.3 is 6.18 Å². The van der Waals surface area contributed by atoms with Gasteiger partial charge in [-0.3, -0.25) is 9.59 Å². The van der Waals surface area contributed by atoms with Gasteiger partial charge in [-0.15, -0.1) is 5.10 Å². The van der Waals surface area contributed by atoms with Crippen LogP contribution >= 0.6 is 11.6 Å². The van der Waals surface area contributed by atoms with E-state index in [0.717, 1.165) is 4.90 Å². The number of alkyl halides is 3. The molecule has 3 aliphatic rings. The van der Waals surface area contributed by atoms with Crippen molar-refractivity contribution in [2.45, 2.75) is 66.9 Å². The molecule has 2 aromatic rings. The number of likely N-dealkylation sites (tertiary alicyclic amines) is 1. The smallest absolute Gasteiger partial charge is 0.336 e. The predicted octanol–water partition coefficient (Wildman–Crippen LogP) is 2.49. The van der Waals surface area contributed by atoms with Crippen LogP contribution in [0.2, 0.25) is 5.28 Å². The molecule has 202 valence electrons. The fourth-order valence-corrected chi connectivity index (χ4v) is 6.91. The number of hydrogen-bond acceptors (Lipinski definition) is 7. The van der Waals surface area contributed by atoms with Crippen LogP contribution in [0.4, 0.5) is 13.2 Å². The second-order valence-electron chi connectivity index (χ2n) is 10.0. The lowest BCUT2D eigenvalue weighted by Crippen LogP contribution is -2.53. The maximum atomic E-state index is 13.8. The zero-order valence-corrected chi connectivity index (χ0v) is 21.6. The molecule has 2 saturated carbocycles. The zero-order chi connectivity index (χ0) is 27.7. The second kappa shape index (κ2) is 8.67. The standard InChI is InChI=1S/C23H22ClF3N6O4S/c1-13-8-14(33-12-29-20(24)31-33)2-3-17(13)38(36,37)15-9-16(18(34)30-21(11-28)4-5-21)32(10-15)19(35)22(6-7-22)23(25,26)27/h2-3,8,12,15-16H,4-7,9-10H2,1H3,(H,30,34). The summed E-state index contributed by atoms with van der Waals surface area (Å²) in [5.41, 5.74) is -2.95. The van der Waals surface area contributed by atoms with Crippen molar-refractivity contribution in [3.8, 4) is 11.8 Å². The zero-order valence-electron chi connectivity index (χ0n) is 20.0. The number of rotatable bonds is 6. The largest absolute Gasteiger partial charge is 0.403 e. The number of nitrogens with zero attached hydrogens (tertiary/aromatic N) is 5. The van der Waals surface area contributed by atoms with Gasteiger partial charge in [0.2, 0.25) is 17.1 Å².